The maximum Gasteiger partial charge on any atom is 0.0465 e. The van der Waals surface area contributed by atoms with E-state index >= 15 is 0 Å². The molecule has 0 spiro atoms. The van der Waals surface area contributed by atoms with Gasteiger partial charge in [-0.1, -0.05) is 87.7 Å². The average Bonchev–Trinajstić information content (AvgIpc) is 3.27. The second-order valence-corrected chi connectivity index (χ2v) is 15.9. The van der Waals surface area contributed by atoms with Crippen LogP contribution in [-0.4, -0.2) is 0 Å². The van der Waals surface area contributed by atoms with Crippen LogP contribution in [0, 0.1) is 17.8 Å². The molecule has 0 N–H and O–H groups in total. The molecule has 5 saturated carbocycles. The van der Waals surface area contributed by atoms with E-state index in [9.17, 15) is 0 Å². The number of rotatable bonds is 5. The molecule has 6 aliphatic rings. The minimum absolute atomic E-state index is 0.0144. The van der Waals surface area contributed by atoms with Crippen LogP contribution in [0.15, 0.2) is 91.0 Å². The molecule has 224 valence electrons. The Morgan fingerprint density at radius 2 is 1.20 bits per heavy atom. The lowest BCUT2D eigenvalue weighted by molar-refractivity contribution is -0.00516. The number of fused-ring (bicyclic) bond motifs is 3. The molecule has 10 rings (SSSR count). The predicted octanol–water partition coefficient (Wildman–Crippen LogP) is 12.0. The second-order valence-electron chi connectivity index (χ2n) is 15.9. The van der Waals surface area contributed by atoms with Gasteiger partial charge < -0.3 is 4.90 Å². The van der Waals surface area contributed by atoms with Crippen LogP contribution < -0.4 is 4.90 Å². The fourth-order valence-corrected chi connectivity index (χ4v) is 11.0. The van der Waals surface area contributed by atoms with Gasteiger partial charge in [0, 0.05) is 22.5 Å². The SMILES string of the molecule is CC1(C)c2ccccc2-c2ccc(N(c3ccc(C4CCCCC4)cc3)c3cccc(C45CC6CC(CC(C6)C4)C5)c3)cc21. The van der Waals surface area contributed by atoms with Crippen molar-refractivity contribution in [2.45, 2.75) is 101 Å². The van der Waals surface area contributed by atoms with E-state index in [-0.39, 0.29) is 5.41 Å². The maximum absolute atomic E-state index is 2.59. The van der Waals surface area contributed by atoms with Gasteiger partial charge in [-0.25, -0.2) is 0 Å². The molecule has 0 aromatic heterocycles. The molecule has 0 radical (unpaired) electrons. The number of benzene rings is 4. The first kappa shape index (κ1) is 27.0. The molecule has 0 aliphatic heterocycles. The zero-order chi connectivity index (χ0) is 29.5. The Labute approximate surface area is 264 Å². The molecule has 0 heterocycles. The Morgan fingerprint density at radius 1 is 0.568 bits per heavy atom. The van der Waals surface area contributed by atoms with Crippen molar-refractivity contribution in [2.75, 3.05) is 4.90 Å². The van der Waals surface area contributed by atoms with Gasteiger partial charge in [-0.3, -0.25) is 0 Å². The first-order valence-electron chi connectivity index (χ1n) is 17.7. The Hall–Kier alpha value is -3.32. The average molecular weight is 578 g/mol. The zero-order valence-electron chi connectivity index (χ0n) is 26.7. The number of anilines is 3. The summed E-state index contributed by atoms with van der Waals surface area (Å²) in [5.74, 6) is 3.58. The Balaban J connectivity index is 1.15. The molecule has 1 nitrogen and oxygen atoms in total. The van der Waals surface area contributed by atoms with Crippen molar-refractivity contribution in [2.24, 2.45) is 17.8 Å². The van der Waals surface area contributed by atoms with E-state index < -0.39 is 0 Å². The molecule has 5 fully saturated rings. The third kappa shape index (κ3) is 4.25. The highest BCUT2D eigenvalue weighted by molar-refractivity contribution is 5.85. The van der Waals surface area contributed by atoms with Crippen LogP contribution in [0.1, 0.15) is 113 Å². The van der Waals surface area contributed by atoms with Gasteiger partial charge in [-0.15, -0.1) is 0 Å². The predicted molar refractivity (Wildman–Crippen MR) is 184 cm³/mol. The highest BCUT2D eigenvalue weighted by atomic mass is 15.1. The normalized spacial score (nSPS) is 28.1. The van der Waals surface area contributed by atoms with Crippen LogP contribution in [0.2, 0.25) is 0 Å². The minimum atomic E-state index is -0.0144. The summed E-state index contributed by atoms with van der Waals surface area (Å²) in [6.45, 7) is 4.80. The number of hydrogen-bond donors (Lipinski definition) is 0. The fraction of sp³-hybridized carbons (Fsp3) is 0.442. The quantitative estimate of drug-likeness (QED) is 0.228. The lowest BCUT2D eigenvalue weighted by atomic mass is 9.48. The van der Waals surface area contributed by atoms with Gasteiger partial charge in [0.15, 0.2) is 0 Å². The van der Waals surface area contributed by atoms with E-state index in [1.54, 1.807) is 5.56 Å². The molecule has 44 heavy (non-hydrogen) atoms. The van der Waals surface area contributed by atoms with Crippen LogP contribution in [0.25, 0.3) is 11.1 Å². The van der Waals surface area contributed by atoms with Gasteiger partial charge in [0.1, 0.15) is 0 Å². The van der Waals surface area contributed by atoms with Crippen molar-refractivity contribution >= 4 is 17.1 Å². The Kier molecular flexibility index (Phi) is 6.20. The molecule has 4 bridgehead atoms. The zero-order valence-corrected chi connectivity index (χ0v) is 26.7. The van der Waals surface area contributed by atoms with E-state index in [4.69, 9.17) is 0 Å². The summed E-state index contributed by atoms with van der Waals surface area (Å²) in [5, 5.41) is 0. The molecule has 0 unspecified atom stereocenters. The summed E-state index contributed by atoms with van der Waals surface area (Å²) < 4.78 is 0. The number of hydrogen-bond acceptors (Lipinski definition) is 1. The summed E-state index contributed by atoms with van der Waals surface area (Å²) in [7, 11) is 0. The van der Waals surface area contributed by atoms with Crippen LogP contribution in [-0.2, 0) is 10.8 Å². The maximum atomic E-state index is 2.59. The molecular formula is C43H47N. The summed E-state index contributed by atoms with van der Waals surface area (Å²) >= 11 is 0. The van der Waals surface area contributed by atoms with Gasteiger partial charge >= 0.3 is 0 Å². The molecule has 0 atom stereocenters. The van der Waals surface area contributed by atoms with Crippen LogP contribution >= 0.6 is 0 Å². The lowest BCUT2D eigenvalue weighted by Crippen LogP contribution is -2.48. The third-order valence-electron chi connectivity index (χ3n) is 12.8. The van der Waals surface area contributed by atoms with E-state index in [1.807, 2.05) is 0 Å². The summed E-state index contributed by atoms with van der Waals surface area (Å²) in [6, 6.07) is 35.8. The first-order chi connectivity index (χ1) is 21.5. The van der Waals surface area contributed by atoms with E-state index in [1.165, 1.54) is 116 Å². The third-order valence-corrected chi connectivity index (χ3v) is 12.8. The van der Waals surface area contributed by atoms with Gasteiger partial charge in [0.2, 0.25) is 0 Å². The van der Waals surface area contributed by atoms with E-state index in [0.29, 0.717) is 5.41 Å². The Morgan fingerprint density at radius 3 is 1.93 bits per heavy atom. The highest BCUT2D eigenvalue weighted by Gasteiger charge is 2.51. The second kappa shape index (κ2) is 10.1. The summed E-state index contributed by atoms with van der Waals surface area (Å²) in [4.78, 5) is 2.56. The van der Waals surface area contributed by atoms with Crippen molar-refractivity contribution < 1.29 is 0 Å². The van der Waals surface area contributed by atoms with Crippen molar-refractivity contribution in [3.05, 3.63) is 113 Å². The van der Waals surface area contributed by atoms with Crippen molar-refractivity contribution in [3.8, 4) is 11.1 Å². The topological polar surface area (TPSA) is 3.24 Å². The Bertz CT molecular complexity index is 1670. The lowest BCUT2D eigenvalue weighted by Gasteiger charge is -2.57. The van der Waals surface area contributed by atoms with Crippen molar-refractivity contribution in [1.82, 2.24) is 0 Å². The first-order valence-corrected chi connectivity index (χ1v) is 17.7. The van der Waals surface area contributed by atoms with Gasteiger partial charge in [-0.05, 0) is 150 Å². The molecule has 1 heteroatoms. The largest absolute Gasteiger partial charge is 0.310 e. The van der Waals surface area contributed by atoms with Crippen LogP contribution in [0.3, 0.4) is 0 Å². The van der Waals surface area contributed by atoms with E-state index in [0.717, 1.165) is 23.7 Å². The molecule has 4 aromatic rings. The summed E-state index contributed by atoms with van der Waals surface area (Å²) in [5.41, 5.74) is 13.1. The van der Waals surface area contributed by atoms with Crippen molar-refractivity contribution in [1.29, 1.82) is 0 Å². The molecular weight excluding hydrogens is 530 g/mol. The van der Waals surface area contributed by atoms with E-state index in [2.05, 4.69) is 110 Å². The van der Waals surface area contributed by atoms with Crippen LogP contribution in [0.4, 0.5) is 17.1 Å². The van der Waals surface area contributed by atoms with Gasteiger partial charge in [-0.2, -0.15) is 0 Å². The molecule has 0 amide bonds. The fourth-order valence-electron chi connectivity index (χ4n) is 11.0. The van der Waals surface area contributed by atoms with Gasteiger partial charge in [0.05, 0.1) is 0 Å². The standard InChI is InChI=1S/C43H47N/c1-42(2)40-14-7-6-13-38(40)39-20-19-37(25-41(39)42)44(35-17-15-33(16-18-35)32-9-4-3-5-10-32)36-12-8-11-34(24-36)43-26-29-21-30(27-43)23-31(22-29)28-43/h6-8,11-20,24-25,29-32H,3-5,9-10,21-23,26-28H2,1-2H3. The highest BCUT2D eigenvalue weighted by Crippen LogP contribution is 2.61. The molecule has 0 saturated heterocycles. The monoisotopic (exact) mass is 577 g/mol. The van der Waals surface area contributed by atoms with Gasteiger partial charge in [0.25, 0.3) is 0 Å². The van der Waals surface area contributed by atoms with Crippen LogP contribution in [0.5, 0.6) is 0 Å². The van der Waals surface area contributed by atoms with Crippen molar-refractivity contribution in [3.63, 3.8) is 0 Å². The summed E-state index contributed by atoms with van der Waals surface area (Å²) in [6.07, 6.45) is 15.5. The smallest absolute Gasteiger partial charge is 0.0465 e. The molecule has 6 aliphatic carbocycles. The number of nitrogens with zero attached hydrogens (tertiary/aromatic N) is 1. The molecule has 4 aromatic carbocycles. The minimum Gasteiger partial charge on any atom is -0.310 e.